The van der Waals surface area contributed by atoms with Gasteiger partial charge in [-0.3, -0.25) is 9.78 Å². The molecule has 0 bridgehead atoms. The van der Waals surface area contributed by atoms with E-state index < -0.39 is 6.10 Å². The van der Waals surface area contributed by atoms with E-state index in [1.807, 2.05) is 13.0 Å². The van der Waals surface area contributed by atoms with Crippen LogP contribution in [0.5, 0.6) is 0 Å². The number of carbonyl (C=O) groups excluding carboxylic acids is 1. The molecule has 0 radical (unpaired) electrons. The molecule has 1 amide bonds. The Labute approximate surface area is 177 Å². The van der Waals surface area contributed by atoms with Gasteiger partial charge < -0.3 is 15.7 Å². The number of hydrogen-bond acceptors (Lipinski definition) is 5. The van der Waals surface area contributed by atoms with Gasteiger partial charge in [-0.2, -0.15) is 0 Å². The van der Waals surface area contributed by atoms with E-state index in [1.165, 1.54) is 12.8 Å². The van der Waals surface area contributed by atoms with Gasteiger partial charge in [-0.1, -0.05) is 24.8 Å². The SMILES string of the molecule is Cc1ccc(C(=O)N[C@H]2CCCC[C@@H]2O)cc1C#Cc1cncc(NCC2CC2)n1. The van der Waals surface area contributed by atoms with Gasteiger partial charge in [-0.15, -0.1) is 0 Å². The summed E-state index contributed by atoms with van der Waals surface area (Å²) in [6.07, 6.45) is 9.05. The molecular formula is C24H28N4O2. The fourth-order valence-electron chi connectivity index (χ4n) is 3.64. The Kier molecular flexibility index (Phi) is 6.29. The first-order valence-electron chi connectivity index (χ1n) is 10.8. The second-order valence-electron chi connectivity index (χ2n) is 8.33. The van der Waals surface area contributed by atoms with E-state index in [4.69, 9.17) is 0 Å². The Morgan fingerprint density at radius 2 is 2.00 bits per heavy atom. The van der Waals surface area contributed by atoms with E-state index in [-0.39, 0.29) is 11.9 Å². The number of rotatable bonds is 5. The lowest BCUT2D eigenvalue weighted by Crippen LogP contribution is -2.45. The first kappa shape index (κ1) is 20.4. The van der Waals surface area contributed by atoms with E-state index in [1.54, 1.807) is 24.5 Å². The van der Waals surface area contributed by atoms with E-state index in [0.29, 0.717) is 11.3 Å². The predicted molar refractivity (Wildman–Crippen MR) is 116 cm³/mol. The summed E-state index contributed by atoms with van der Waals surface area (Å²) >= 11 is 0. The second kappa shape index (κ2) is 9.27. The molecule has 156 valence electrons. The van der Waals surface area contributed by atoms with Crippen LogP contribution in [0.1, 0.15) is 65.7 Å². The first-order chi connectivity index (χ1) is 14.6. The van der Waals surface area contributed by atoms with E-state index in [9.17, 15) is 9.90 Å². The zero-order valence-corrected chi connectivity index (χ0v) is 17.3. The molecule has 1 aromatic carbocycles. The standard InChI is InChI=1S/C24H28N4O2/c1-16-6-9-19(24(30)28-21-4-2-3-5-22(21)29)12-18(16)10-11-20-14-25-15-23(27-20)26-13-17-7-8-17/h6,9,12,14-15,17,21-22,29H,2-5,7-8,13H2,1H3,(H,26,27)(H,28,30)/t21-,22-/m0/s1. The average molecular weight is 405 g/mol. The highest BCUT2D eigenvalue weighted by molar-refractivity contribution is 5.95. The number of aryl methyl sites for hydroxylation is 1. The van der Waals surface area contributed by atoms with Crippen LogP contribution in [0.15, 0.2) is 30.6 Å². The highest BCUT2D eigenvalue weighted by Gasteiger charge is 2.25. The molecule has 2 aromatic rings. The van der Waals surface area contributed by atoms with Gasteiger partial charge in [0, 0.05) is 17.7 Å². The van der Waals surface area contributed by atoms with Gasteiger partial charge in [0.15, 0.2) is 0 Å². The number of nitrogens with one attached hydrogen (secondary N) is 2. The fraction of sp³-hybridized carbons (Fsp3) is 0.458. The van der Waals surface area contributed by atoms with Gasteiger partial charge in [0.25, 0.3) is 5.91 Å². The van der Waals surface area contributed by atoms with Crippen molar-refractivity contribution in [3.05, 3.63) is 53.0 Å². The summed E-state index contributed by atoms with van der Waals surface area (Å²) in [6.45, 7) is 2.90. The number of nitrogens with zero attached hydrogens (tertiary/aromatic N) is 2. The average Bonchev–Trinajstić information content (AvgIpc) is 3.58. The number of aromatic nitrogens is 2. The van der Waals surface area contributed by atoms with Gasteiger partial charge in [0.1, 0.15) is 11.5 Å². The lowest BCUT2D eigenvalue weighted by Gasteiger charge is -2.28. The molecule has 0 aliphatic heterocycles. The molecule has 2 atom stereocenters. The van der Waals surface area contributed by atoms with Crippen molar-refractivity contribution in [2.24, 2.45) is 5.92 Å². The summed E-state index contributed by atoms with van der Waals surface area (Å²) in [7, 11) is 0. The largest absolute Gasteiger partial charge is 0.391 e. The molecule has 6 nitrogen and oxygen atoms in total. The second-order valence-corrected chi connectivity index (χ2v) is 8.33. The van der Waals surface area contributed by atoms with Gasteiger partial charge in [-0.25, -0.2) is 4.98 Å². The number of benzene rings is 1. The molecule has 4 rings (SSSR count). The molecule has 2 fully saturated rings. The van der Waals surface area contributed by atoms with Crippen molar-refractivity contribution < 1.29 is 9.90 Å². The fourth-order valence-corrected chi connectivity index (χ4v) is 3.64. The number of amides is 1. The van der Waals surface area contributed by atoms with Crippen LogP contribution in [0.4, 0.5) is 5.82 Å². The van der Waals surface area contributed by atoms with Crippen molar-refractivity contribution >= 4 is 11.7 Å². The minimum atomic E-state index is -0.466. The predicted octanol–water partition coefficient (Wildman–Crippen LogP) is 3.04. The molecule has 1 heterocycles. The van der Waals surface area contributed by atoms with Crippen molar-refractivity contribution in [1.82, 2.24) is 15.3 Å². The zero-order valence-electron chi connectivity index (χ0n) is 17.3. The minimum absolute atomic E-state index is 0.171. The van der Waals surface area contributed by atoms with Crippen LogP contribution < -0.4 is 10.6 Å². The summed E-state index contributed by atoms with van der Waals surface area (Å²) in [4.78, 5) is 21.4. The van der Waals surface area contributed by atoms with Crippen LogP contribution in [-0.4, -0.2) is 39.7 Å². The van der Waals surface area contributed by atoms with E-state index in [0.717, 1.165) is 55.1 Å². The smallest absolute Gasteiger partial charge is 0.251 e. The number of aliphatic hydroxyl groups is 1. The van der Waals surface area contributed by atoms with Crippen molar-refractivity contribution in [2.75, 3.05) is 11.9 Å². The molecule has 6 heteroatoms. The van der Waals surface area contributed by atoms with E-state index in [2.05, 4.69) is 32.4 Å². The number of hydrogen-bond donors (Lipinski definition) is 3. The van der Waals surface area contributed by atoms with Gasteiger partial charge in [0.05, 0.1) is 24.5 Å². The number of carbonyl (C=O) groups is 1. The first-order valence-corrected chi connectivity index (χ1v) is 10.8. The van der Waals surface area contributed by atoms with Gasteiger partial charge in [0.2, 0.25) is 0 Å². The lowest BCUT2D eigenvalue weighted by atomic mass is 9.92. The molecule has 0 spiro atoms. The van der Waals surface area contributed by atoms with E-state index >= 15 is 0 Å². The maximum absolute atomic E-state index is 12.7. The Bertz CT molecular complexity index is 975. The van der Waals surface area contributed by atoms with Crippen molar-refractivity contribution in [1.29, 1.82) is 0 Å². The monoisotopic (exact) mass is 404 g/mol. The lowest BCUT2D eigenvalue weighted by molar-refractivity contribution is 0.0717. The summed E-state index contributed by atoms with van der Waals surface area (Å²) in [5.74, 6) is 7.52. The topological polar surface area (TPSA) is 87.1 Å². The Morgan fingerprint density at radius 1 is 1.17 bits per heavy atom. The molecule has 2 aliphatic rings. The number of aliphatic hydroxyl groups excluding tert-OH is 1. The summed E-state index contributed by atoms with van der Waals surface area (Å²) in [6, 6.07) is 5.32. The van der Waals surface area contributed by atoms with Gasteiger partial charge in [-0.05, 0) is 62.1 Å². The Morgan fingerprint density at radius 3 is 2.80 bits per heavy atom. The van der Waals surface area contributed by atoms with Crippen LogP contribution >= 0.6 is 0 Å². The van der Waals surface area contributed by atoms with Crippen LogP contribution in [0, 0.1) is 24.7 Å². The zero-order chi connectivity index (χ0) is 20.9. The number of anilines is 1. The molecule has 30 heavy (non-hydrogen) atoms. The maximum atomic E-state index is 12.7. The Balaban J connectivity index is 1.46. The molecule has 0 unspecified atom stereocenters. The van der Waals surface area contributed by atoms with Gasteiger partial charge >= 0.3 is 0 Å². The van der Waals surface area contributed by atoms with Crippen molar-refractivity contribution in [3.8, 4) is 11.8 Å². The van der Waals surface area contributed by atoms with Crippen LogP contribution in [0.2, 0.25) is 0 Å². The molecule has 0 saturated heterocycles. The highest BCUT2D eigenvalue weighted by atomic mass is 16.3. The van der Waals surface area contributed by atoms with Crippen LogP contribution in [0.3, 0.4) is 0 Å². The third-order valence-electron chi connectivity index (χ3n) is 5.77. The summed E-state index contributed by atoms with van der Waals surface area (Å²) in [5.41, 5.74) is 2.92. The quantitative estimate of drug-likeness (QED) is 0.667. The summed E-state index contributed by atoms with van der Waals surface area (Å²) in [5, 5.41) is 16.4. The Hall–Kier alpha value is -2.91. The highest BCUT2D eigenvalue weighted by Crippen LogP contribution is 2.28. The molecule has 2 saturated carbocycles. The molecule has 3 N–H and O–H groups in total. The minimum Gasteiger partial charge on any atom is -0.391 e. The summed E-state index contributed by atoms with van der Waals surface area (Å²) < 4.78 is 0. The molecular weight excluding hydrogens is 376 g/mol. The molecule has 1 aromatic heterocycles. The maximum Gasteiger partial charge on any atom is 0.251 e. The van der Waals surface area contributed by atoms with Crippen LogP contribution in [-0.2, 0) is 0 Å². The van der Waals surface area contributed by atoms with Crippen LogP contribution in [0.25, 0.3) is 0 Å². The third-order valence-corrected chi connectivity index (χ3v) is 5.77. The van der Waals surface area contributed by atoms with Crippen molar-refractivity contribution in [3.63, 3.8) is 0 Å². The third kappa shape index (κ3) is 5.37. The van der Waals surface area contributed by atoms with Crippen molar-refractivity contribution in [2.45, 2.75) is 57.6 Å². The molecule has 2 aliphatic carbocycles. The normalized spacial score (nSPS) is 20.7.